The molecule has 1 aliphatic rings. The maximum atomic E-state index is 13.2. The molecule has 2 heterocycles. The third-order valence-electron chi connectivity index (χ3n) is 4.36. The van der Waals surface area contributed by atoms with Gasteiger partial charge in [0.15, 0.2) is 0 Å². The summed E-state index contributed by atoms with van der Waals surface area (Å²) in [4.78, 5) is 15.3. The van der Waals surface area contributed by atoms with E-state index in [1.165, 1.54) is 0 Å². The van der Waals surface area contributed by atoms with Gasteiger partial charge in [0.2, 0.25) is 0 Å². The van der Waals surface area contributed by atoms with E-state index in [4.69, 9.17) is 7.85 Å². The zero-order chi connectivity index (χ0) is 16.4. The maximum absolute atomic E-state index is 13.2. The lowest BCUT2D eigenvalue weighted by Gasteiger charge is -2.23. The number of halogens is 1. The topological polar surface area (TPSA) is 22.0 Å². The molecule has 2 radical (unpaired) electrons. The van der Waals surface area contributed by atoms with Crippen LogP contribution in [0.25, 0.3) is 27.4 Å². The molecule has 5 rings (SSSR count). The Hall–Kier alpha value is -1.98. The van der Waals surface area contributed by atoms with Crippen molar-refractivity contribution in [1.29, 1.82) is 0 Å². The lowest BCUT2D eigenvalue weighted by atomic mass is 9.96. The van der Waals surface area contributed by atoms with E-state index < -0.39 is 0 Å². The highest BCUT2D eigenvalue weighted by molar-refractivity contribution is 9.10. The molecule has 4 aromatic rings. The smallest absolute Gasteiger partial charge is 0.263 e. The van der Waals surface area contributed by atoms with Crippen LogP contribution in [0, 0.1) is 0 Å². The Morgan fingerprint density at radius 1 is 0.917 bits per heavy atom. The molecule has 0 fully saturated rings. The number of fused-ring (bicyclic) bond motifs is 4. The van der Waals surface area contributed by atoms with Crippen LogP contribution >= 0.6 is 27.7 Å². The standard InChI is InChI=1S/C19H9BBrNOS/c20-10-5-6-15-16(7-10)24-17-9-11(21)8-14-12-3-1-2-4-13(12)19(23)22(15)18(14)17/h1-9H. The minimum Gasteiger partial charge on any atom is -0.274 e. The maximum Gasteiger partial charge on any atom is 0.263 e. The van der Waals surface area contributed by atoms with Crippen LogP contribution in [-0.2, 0) is 0 Å². The van der Waals surface area contributed by atoms with Crippen molar-refractivity contribution in [2.75, 3.05) is 0 Å². The van der Waals surface area contributed by atoms with Crippen molar-refractivity contribution in [3.05, 3.63) is 69.4 Å². The van der Waals surface area contributed by atoms with Gasteiger partial charge in [-0.1, -0.05) is 63.5 Å². The number of pyridine rings is 1. The Balaban J connectivity index is 2.10. The molecule has 0 unspecified atom stereocenters. The molecule has 3 aromatic carbocycles. The molecular formula is C19H9BBrNOS. The summed E-state index contributed by atoms with van der Waals surface area (Å²) >= 11 is 5.26. The molecular weight excluding hydrogens is 381 g/mol. The first-order valence-electron chi connectivity index (χ1n) is 7.48. The number of rotatable bonds is 0. The SMILES string of the molecule is [B]c1ccc2c(c1)Sc1cc(Br)cc3c4ccccc4c(=O)n-2c13. The Labute approximate surface area is 152 Å². The Kier molecular flexibility index (Phi) is 3.00. The predicted octanol–water partition coefficient (Wildman–Crippen LogP) is 4.16. The minimum absolute atomic E-state index is 0.00740. The fourth-order valence-electron chi connectivity index (χ4n) is 3.36. The third kappa shape index (κ3) is 1.88. The van der Waals surface area contributed by atoms with Crippen LogP contribution in [0.1, 0.15) is 0 Å². The van der Waals surface area contributed by atoms with Gasteiger partial charge >= 0.3 is 0 Å². The average Bonchev–Trinajstić information content (AvgIpc) is 2.57. The monoisotopic (exact) mass is 389 g/mol. The molecule has 1 aromatic heterocycles. The molecule has 0 N–H and O–H groups in total. The number of benzene rings is 3. The van der Waals surface area contributed by atoms with E-state index >= 15 is 0 Å². The summed E-state index contributed by atoms with van der Waals surface area (Å²) in [6.45, 7) is 0. The van der Waals surface area contributed by atoms with Gasteiger partial charge < -0.3 is 0 Å². The van der Waals surface area contributed by atoms with Crippen LogP contribution in [0.15, 0.2) is 73.7 Å². The average molecular weight is 390 g/mol. The van der Waals surface area contributed by atoms with Gasteiger partial charge in [0.1, 0.15) is 7.85 Å². The lowest BCUT2D eigenvalue weighted by Crippen LogP contribution is -2.22. The fourth-order valence-corrected chi connectivity index (χ4v) is 5.15. The molecule has 2 nitrogen and oxygen atoms in total. The summed E-state index contributed by atoms with van der Waals surface area (Å²) < 4.78 is 2.82. The quantitative estimate of drug-likeness (QED) is 0.293. The van der Waals surface area contributed by atoms with E-state index in [1.54, 1.807) is 11.8 Å². The zero-order valence-electron chi connectivity index (χ0n) is 12.4. The number of aromatic nitrogens is 1. The van der Waals surface area contributed by atoms with Gasteiger partial charge in [-0.15, -0.1) is 0 Å². The largest absolute Gasteiger partial charge is 0.274 e. The van der Waals surface area contributed by atoms with Gasteiger partial charge in [0.05, 0.1) is 11.2 Å². The van der Waals surface area contributed by atoms with E-state index in [9.17, 15) is 4.79 Å². The molecule has 0 atom stereocenters. The summed E-state index contributed by atoms with van der Waals surface area (Å²) in [5.74, 6) is 0. The van der Waals surface area contributed by atoms with Crippen LogP contribution in [0.2, 0.25) is 0 Å². The van der Waals surface area contributed by atoms with Crippen LogP contribution in [0.3, 0.4) is 0 Å². The fraction of sp³-hybridized carbons (Fsp3) is 0. The van der Waals surface area contributed by atoms with Crippen molar-refractivity contribution in [2.45, 2.75) is 9.79 Å². The summed E-state index contributed by atoms with van der Waals surface area (Å²) in [5, 5.41) is 2.78. The second-order valence-electron chi connectivity index (χ2n) is 5.82. The Morgan fingerprint density at radius 3 is 2.54 bits per heavy atom. The van der Waals surface area contributed by atoms with E-state index in [1.807, 2.05) is 47.0 Å². The molecule has 5 heteroatoms. The van der Waals surface area contributed by atoms with Gasteiger partial charge in [0.25, 0.3) is 5.56 Å². The van der Waals surface area contributed by atoms with Gasteiger partial charge in [0, 0.05) is 25.0 Å². The third-order valence-corrected chi connectivity index (χ3v) is 5.89. The number of hydrogen-bond acceptors (Lipinski definition) is 2. The van der Waals surface area contributed by atoms with Crippen molar-refractivity contribution in [1.82, 2.24) is 4.57 Å². The Bertz CT molecular complexity index is 1230. The summed E-state index contributed by atoms with van der Waals surface area (Å²) in [6.07, 6.45) is 0. The molecule has 0 spiro atoms. The van der Waals surface area contributed by atoms with Gasteiger partial charge in [-0.25, -0.2) is 0 Å². The number of hydrogen-bond donors (Lipinski definition) is 0. The molecule has 0 amide bonds. The zero-order valence-corrected chi connectivity index (χ0v) is 14.8. The number of nitrogens with zero attached hydrogens (tertiary/aromatic N) is 1. The van der Waals surface area contributed by atoms with Crippen molar-refractivity contribution in [3.63, 3.8) is 0 Å². The highest BCUT2D eigenvalue weighted by Gasteiger charge is 2.22. The van der Waals surface area contributed by atoms with E-state index in [0.717, 1.165) is 41.6 Å². The van der Waals surface area contributed by atoms with E-state index in [-0.39, 0.29) is 5.56 Å². The van der Waals surface area contributed by atoms with Crippen molar-refractivity contribution in [2.24, 2.45) is 0 Å². The van der Waals surface area contributed by atoms with Crippen LogP contribution in [-0.4, -0.2) is 12.4 Å². The van der Waals surface area contributed by atoms with Crippen LogP contribution in [0.5, 0.6) is 0 Å². The second-order valence-corrected chi connectivity index (χ2v) is 7.81. The summed E-state index contributed by atoms with van der Waals surface area (Å²) in [5.41, 5.74) is 2.56. The highest BCUT2D eigenvalue weighted by atomic mass is 79.9. The molecule has 0 saturated heterocycles. The molecule has 0 bridgehead atoms. The first kappa shape index (κ1) is 14.4. The highest BCUT2D eigenvalue weighted by Crippen LogP contribution is 2.44. The lowest BCUT2D eigenvalue weighted by molar-refractivity contribution is 1.00. The van der Waals surface area contributed by atoms with Crippen LogP contribution < -0.4 is 11.0 Å². The predicted molar refractivity (Wildman–Crippen MR) is 104 cm³/mol. The minimum atomic E-state index is 0.00740. The van der Waals surface area contributed by atoms with Crippen molar-refractivity contribution in [3.8, 4) is 5.69 Å². The normalized spacial score (nSPS) is 12.5. The van der Waals surface area contributed by atoms with Gasteiger partial charge in [-0.05, 0) is 29.7 Å². The molecule has 0 saturated carbocycles. The van der Waals surface area contributed by atoms with E-state index in [2.05, 4.69) is 28.1 Å². The van der Waals surface area contributed by atoms with Crippen LogP contribution in [0.4, 0.5) is 0 Å². The second kappa shape index (κ2) is 5.01. The van der Waals surface area contributed by atoms with Crippen molar-refractivity contribution >= 4 is 62.7 Å². The molecule has 0 aliphatic carbocycles. The molecule has 1 aliphatic heterocycles. The summed E-state index contributed by atoms with van der Waals surface area (Å²) in [7, 11) is 5.95. The van der Waals surface area contributed by atoms with Gasteiger partial charge in [-0.3, -0.25) is 9.36 Å². The van der Waals surface area contributed by atoms with Crippen molar-refractivity contribution < 1.29 is 0 Å². The first-order chi connectivity index (χ1) is 11.6. The van der Waals surface area contributed by atoms with Gasteiger partial charge in [-0.2, -0.15) is 0 Å². The van der Waals surface area contributed by atoms with E-state index in [0.29, 0.717) is 5.46 Å². The molecule has 112 valence electrons. The summed E-state index contributed by atoms with van der Waals surface area (Å²) in [6, 6.07) is 17.6. The first-order valence-corrected chi connectivity index (χ1v) is 9.09. The Morgan fingerprint density at radius 2 is 1.71 bits per heavy atom. The molecule has 24 heavy (non-hydrogen) atoms.